The fraction of sp³-hybridized carbons (Fsp3) is 0.483. The lowest BCUT2D eigenvalue weighted by molar-refractivity contribution is -0.136. The number of aliphatic carboxylic acids is 1. The molecule has 1 spiro atoms. The predicted octanol–water partition coefficient (Wildman–Crippen LogP) is 5.96. The van der Waals surface area contributed by atoms with Gasteiger partial charge in [0, 0.05) is 18.7 Å². The van der Waals surface area contributed by atoms with Crippen molar-refractivity contribution >= 4 is 35.2 Å². The first-order chi connectivity index (χ1) is 17.5. The van der Waals surface area contributed by atoms with Crippen molar-refractivity contribution in [2.45, 2.75) is 65.0 Å². The number of carboxylic acid groups (broad SMARTS) is 1. The van der Waals surface area contributed by atoms with E-state index in [0.717, 1.165) is 36.9 Å². The number of benzene rings is 2. The third-order valence-corrected chi connectivity index (χ3v) is 8.27. The van der Waals surface area contributed by atoms with Crippen LogP contribution in [0.4, 0.5) is 10.5 Å². The Bertz CT molecular complexity index is 1150. The van der Waals surface area contributed by atoms with Gasteiger partial charge in [-0.15, -0.1) is 0 Å². The SMILES string of the molecule is CC(C)(C)C1CCC2(CC1)CN(c1ccccc1Cl)C(=O)N2Cc1ccc(C(=O)NCCC(=O)O)cc1. The third-order valence-electron chi connectivity index (χ3n) is 7.95. The van der Waals surface area contributed by atoms with Gasteiger partial charge in [0.1, 0.15) is 0 Å². The Labute approximate surface area is 223 Å². The van der Waals surface area contributed by atoms with Crippen LogP contribution in [-0.2, 0) is 11.3 Å². The second-order valence-electron chi connectivity index (χ2n) is 11.4. The minimum Gasteiger partial charge on any atom is -0.481 e. The number of carbonyl (C=O) groups excluding carboxylic acids is 2. The molecule has 8 heteroatoms. The number of nitrogens with zero attached hydrogens (tertiary/aromatic N) is 2. The second-order valence-corrected chi connectivity index (χ2v) is 11.8. The van der Waals surface area contributed by atoms with E-state index < -0.39 is 5.97 Å². The quantitative estimate of drug-likeness (QED) is 0.466. The summed E-state index contributed by atoms with van der Waals surface area (Å²) in [4.78, 5) is 40.7. The van der Waals surface area contributed by atoms with Crippen LogP contribution in [0.1, 0.15) is 68.8 Å². The molecule has 3 amide bonds. The molecule has 0 unspecified atom stereocenters. The molecule has 1 aliphatic heterocycles. The summed E-state index contributed by atoms with van der Waals surface area (Å²) in [5.74, 6) is -0.655. The van der Waals surface area contributed by atoms with E-state index in [2.05, 4.69) is 26.1 Å². The van der Waals surface area contributed by atoms with Gasteiger partial charge in [-0.25, -0.2) is 4.79 Å². The number of halogens is 1. The molecular weight excluding hydrogens is 490 g/mol. The maximum atomic E-state index is 13.8. The Morgan fingerprint density at radius 1 is 1.08 bits per heavy atom. The standard InChI is InChI=1S/C29H36ClN3O4/c1-28(2,3)22-12-15-29(16-13-22)19-32(24-7-5-4-6-23(24)30)27(37)33(29)18-20-8-10-21(11-9-20)26(36)31-17-14-25(34)35/h4-11,22H,12-19H2,1-3H3,(H,31,36)(H,34,35). The normalized spacial score (nSPS) is 21.9. The van der Waals surface area contributed by atoms with Gasteiger partial charge in [-0.1, -0.05) is 56.6 Å². The van der Waals surface area contributed by atoms with E-state index >= 15 is 0 Å². The number of carbonyl (C=O) groups is 3. The van der Waals surface area contributed by atoms with Crippen LogP contribution >= 0.6 is 11.6 Å². The largest absolute Gasteiger partial charge is 0.481 e. The first-order valence-corrected chi connectivity index (χ1v) is 13.3. The summed E-state index contributed by atoms with van der Waals surface area (Å²) in [6, 6.07) is 14.6. The van der Waals surface area contributed by atoms with Crippen molar-refractivity contribution in [3.63, 3.8) is 0 Å². The number of rotatable bonds is 7. The van der Waals surface area contributed by atoms with Crippen molar-refractivity contribution < 1.29 is 19.5 Å². The molecule has 1 aliphatic carbocycles. The number of hydrogen-bond acceptors (Lipinski definition) is 3. The van der Waals surface area contributed by atoms with E-state index in [0.29, 0.717) is 29.6 Å². The molecule has 37 heavy (non-hydrogen) atoms. The zero-order valence-electron chi connectivity index (χ0n) is 21.8. The molecule has 2 aliphatic rings. The minimum atomic E-state index is -0.956. The molecule has 0 bridgehead atoms. The van der Waals surface area contributed by atoms with E-state index in [1.807, 2.05) is 46.2 Å². The average molecular weight is 526 g/mol. The van der Waals surface area contributed by atoms with Gasteiger partial charge in [0.15, 0.2) is 0 Å². The van der Waals surface area contributed by atoms with Gasteiger partial charge >= 0.3 is 12.0 Å². The third kappa shape index (κ3) is 5.93. The number of hydrogen-bond donors (Lipinski definition) is 2. The first-order valence-electron chi connectivity index (χ1n) is 12.9. The highest BCUT2D eigenvalue weighted by Crippen LogP contribution is 2.48. The molecule has 1 saturated heterocycles. The van der Waals surface area contributed by atoms with Crippen LogP contribution < -0.4 is 10.2 Å². The molecule has 0 atom stereocenters. The number of para-hydroxylation sites is 1. The van der Waals surface area contributed by atoms with Crippen molar-refractivity contribution in [2.24, 2.45) is 11.3 Å². The van der Waals surface area contributed by atoms with Gasteiger partial charge in [-0.05, 0) is 66.8 Å². The topological polar surface area (TPSA) is 90.0 Å². The lowest BCUT2D eigenvalue weighted by Gasteiger charge is -2.45. The van der Waals surface area contributed by atoms with E-state index in [-0.39, 0.29) is 35.9 Å². The van der Waals surface area contributed by atoms with Crippen molar-refractivity contribution in [1.29, 1.82) is 0 Å². The molecule has 2 fully saturated rings. The Hall–Kier alpha value is -3.06. The van der Waals surface area contributed by atoms with Crippen LogP contribution in [0.5, 0.6) is 0 Å². The maximum Gasteiger partial charge on any atom is 0.325 e. The summed E-state index contributed by atoms with van der Waals surface area (Å²) in [5.41, 5.74) is 2.10. The maximum absolute atomic E-state index is 13.8. The molecule has 1 heterocycles. The molecule has 2 aromatic carbocycles. The van der Waals surface area contributed by atoms with Crippen LogP contribution in [0.2, 0.25) is 5.02 Å². The van der Waals surface area contributed by atoms with Crippen LogP contribution in [0.3, 0.4) is 0 Å². The van der Waals surface area contributed by atoms with Crippen LogP contribution in [0.15, 0.2) is 48.5 Å². The predicted molar refractivity (Wildman–Crippen MR) is 145 cm³/mol. The monoisotopic (exact) mass is 525 g/mol. The smallest absolute Gasteiger partial charge is 0.325 e. The van der Waals surface area contributed by atoms with E-state index in [1.54, 1.807) is 12.1 Å². The number of carboxylic acids is 1. The summed E-state index contributed by atoms with van der Waals surface area (Å²) >= 11 is 6.51. The Kier molecular flexibility index (Phi) is 7.83. The Morgan fingerprint density at radius 2 is 1.73 bits per heavy atom. The summed E-state index contributed by atoms with van der Waals surface area (Å²) in [7, 11) is 0. The highest BCUT2D eigenvalue weighted by atomic mass is 35.5. The Morgan fingerprint density at radius 3 is 2.32 bits per heavy atom. The number of amides is 3. The highest BCUT2D eigenvalue weighted by Gasteiger charge is 2.52. The van der Waals surface area contributed by atoms with E-state index in [9.17, 15) is 14.4 Å². The fourth-order valence-electron chi connectivity index (χ4n) is 5.67. The lowest BCUT2D eigenvalue weighted by atomic mass is 9.67. The summed E-state index contributed by atoms with van der Waals surface area (Å²) < 4.78 is 0. The molecule has 7 nitrogen and oxygen atoms in total. The van der Waals surface area contributed by atoms with Crippen molar-refractivity contribution in [1.82, 2.24) is 10.2 Å². The molecule has 0 radical (unpaired) electrons. The van der Waals surface area contributed by atoms with Gasteiger partial charge < -0.3 is 15.3 Å². The van der Waals surface area contributed by atoms with Crippen molar-refractivity contribution in [3.05, 3.63) is 64.7 Å². The lowest BCUT2D eigenvalue weighted by Crippen LogP contribution is -2.50. The zero-order valence-corrected chi connectivity index (χ0v) is 22.6. The van der Waals surface area contributed by atoms with Crippen molar-refractivity contribution in [3.8, 4) is 0 Å². The molecule has 2 aromatic rings. The van der Waals surface area contributed by atoms with E-state index in [4.69, 9.17) is 16.7 Å². The fourth-order valence-corrected chi connectivity index (χ4v) is 5.91. The van der Waals surface area contributed by atoms with Crippen LogP contribution in [0.25, 0.3) is 0 Å². The molecule has 198 valence electrons. The summed E-state index contributed by atoms with van der Waals surface area (Å²) in [5, 5.41) is 11.9. The molecular formula is C29H36ClN3O4. The van der Waals surface area contributed by atoms with Gasteiger partial charge in [-0.2, -0.15) is 0 Å². The van der Waals surface area contributed by atoms with Gasteiger partial charge in [0.2, 0.25) is 0 Å². The average Bonchev–Trinajstić information content (AvgIpc) is 3.10. The second kappa shape index (κ2) is 10.7. The number of urea groups is 1. The Balaban J connectivity index is 1.55. The van der Waals surface area contributed by atoms with E-state index in [1.165, 1.54) is 0 Å². The van der Waals surface area contributed by atoms with Crippen LogP contribution in [0, 0.1) is 11.3 Å². The minimum absolute atomic E-state index is 0.0437. The molecule has 1 saturated carbocycles. The molecule has 2 N–H and O–H groups in total. The highest BCUT2D eigenvalue weighted by molar-refractivity contribution is 6.33. The summed E-state index contributed by atoms with van der Waals surface area (Å²) in [6.45, 7) is 8.01. The van der Waals surface area contributed by atoms with Gasteiger partial charge in [-0.3, -0.25) is 14.5 Å². The number of nitrogens with one attached hydrogen (secondary N) is 1. The zero-order chi connectivity index (χ0) is 26.8. The number of anilines is 1. The first kappa shape index (κ1) is 27.0. The van der Waals surface area contributed by atoms with Gasteiger partial charge in [0.05, 0.1) is 29.2 Å². The van der Waals surface area contributed by atoms with Crippen molar-refractivity contribution in [2.75, 3.05) is 18.0 Å². The molecule has 4 rings (SSSR count). The molecule has 0 aromatic heterocycles. The van der Waals surface area contributed by atoms with Gasteiger partial charge in [0.25, 0.3) is 5.91 Å². The van der Waals surface area contributed by atoms with Crippen LogP contribution in [-0.4, -0.2) is 46.5 Å². The summed E-state index contributed by atoms with van der Waals surface area (Å²) in [6.07, 6.45) is 3.89.